The van der Waals surface area contributed by atoms with Crippen molar-refractivity contribution in [2.24, 2.45) is 12.8 Å². The Morgan fingerprint density at radius 3 is 2.93 bits per heavy atom. The van der Waals surface area contributed by atoms with Gasteiger partial charge in [0.25, 0.3) is 0 Å². The van der Waals surface area contributed by atoms with E-state index in [1.807, 2.05) is 0 Å². The van der Waals surface area contributed by atoms with Gasteiger partial charge in [-0.2, -0.15) is 0 Å². The van der Waals surface area contributed by atoms with E-state index in [9.17, 15) is 4.79 Å². The van der Waals surface area contributed by atoms with Crippen LogP contribution in [0.15, 0.2) is 6.20 Å². The van der Waals surface area contributed by atoms with E-state index in [0.29, 0.717) is 12.1 Å². The van der Waals surface area contributed by atoms with Gasteiger partial charge in [-0.3, -0.25) is 4.79 Å². The van der Waals surface area contributed by atoms with Crippen molar-refractivity contribution in [2.75, 3.05) is 0 Å². The van der Waals surface area contributed by atoms with E-state index in [4.69, 9.17) is 5.73 Å². The van der Waals surface area contributed by atoms with Crippen molar-refractivity contribution < 1.29 is 4.79 Å². The highest BCUT2D eigenvalue weighted by atomic mass is 16.1. The van der Waals surface area contributed by atoms with Gasteiger partial charge in [0.1, 0.15) is 5.69 Å². The molecule has 1 rings (SSSR count). The minimum absolute atomic E-state index is 0.0125. The number of nitrogens with two attached hydrogens (primary N) is 1. The monoisotopic (exact) mass is 196 g/mol. The fourth-order valence-electron chi connectivity index (χ4n) is 1.36. The topological polar surface area (TPSA) is 73.8 Å². The SMILES string of the molecule is CCCC(N)CC(=O)c1cnnn1C. The predicted molar refractivity (Wildman–Crippen MR) is 52.8 cm³/mol. The maximum Gasteiger partial charge on any atom is 0.184 e. The molecule has 0 saturated carbocycles. The zero-order valence-corrected chi connectivity index (χ0v) is 8.60. The molecule has 5 nitrogen and oxygen atoms in total. The second kappa shape index (κ2) is 4.85. The van der Waals surface area contributed by atoms with E-state index in [0.717, 1.165) is 12.8 Å². The van der Waals surface area contributed by atoms with Crippen LogP contribution in [0.3, 0.4) is 0 Å². The first-order chi connectivity index (χ1) is 6.65. The molecule has 14 heavy (non-hydrogen) atoms. The first-order valence-corrected chi connectivity index (χ1v) is 4.78. The lowest BCUT2D eigenvalue weighted by molar-refractivity contribution is 0.0964. The molecule has 0 radical (unpaired) electrons. The molecular weight excluding hydrogens is 180 g/mol. The molecule has 1 aromatic heterocycles. The number of carbonyl (C=O) groups excluding carboxylic acids is 1. The smallest absolute Gasteiger partial charge is 0.184 e. The zero-order valence-electron chi connectivity index (χ0n) is 8.60. The Morgan fingerprint density at radius 1 is 1.71 bits per heavy atom. The number of ketones is 1. The average Bonchev–Trinajstić information content (AvgIpc) is 2.51. The highest BCUT2D eigenvalue weighted by molar-refractivity contribution is 5.94. The third kappa shape index (κ3) is 2.63. The number of rotatable bonds is 5. The Balaban J connectivity index is 2.55. The summed E-state index contributed by atoms with van der Waals surface area (Å²) in [7, 11) is 1.70. The number of aryl methyl sites for hydroxylation is 1. The van der Waals surface area contributed by atoms with Crippen molar-refractivity contribution in [1.29, 1.82) is 0 Å². The average molecular weight is 196 g/mol. The fourth-order valence-corrected chi connectivity index (χ4v) is 1.36. The normalized spacial score (nSPS) is 12.8. The summed E-state index contributed by atoms with van der Waals surface area (Å²) in [5.74, 6) is 0.0125. The first-order valence-electron chi connectivity index (χ1n) is 4.78. The molecule has 78 valence electrons. The molecule has 0 aliphatic rings. The maximum atomic E-state index is 11.6. The number of aromatic nitrogens is 3. The number of hydrogen-bond acceptors (Lipinski definition) is 4. The Labute approximate surface area is 83.3 Å². The second-order valence-electron chi connectivity index (χ2n) is 3.42. The quantitative estimate of drug-likeness (QED) is 0.696. The van der Waals surface area contributed by atoms with Crippen molar-refractivity contribution in [3.63, 3.8) is 0 Å². The summed E-state index contributed by atoms with van der Waals surface area (Å²) in [4.78, 5) is 11.6. The fraction of sp³-hybridized carbons (Fsp3) is 0.667. The predicted octanol–water partition coefficient (Wildman–Crippen LogP) is 0.515. The Kier molecular flexibility index (Phi) is 3.76. The van der Waals surface area contributed by atoms with Crippen LogP contribution in [0, 0.1) is 0 Å². The lowest BCUT2D eigenvalue weighted by atomic mass is 10.1. The first kappa shape index (κ1) is 10.8. The van der Waals surface area contributed by atoms with Crippen LogP contribution in [0.2, 0.25) is 0 Å². The lowest BCUT2D eigenvalue weighted by Gasteiger charge is -2.08. The molecule has 0 aliphatic heterocycles. The van der Waals surface area contributed by atoms with Crippen molar-refractivity contribution >= 4 is 5.78 Å². The van der Waals surface area contributed by atoms with Crippen LogP contribution >= 0.6 is 0 Å². The molecule has 1 aromatic rings. The molecule has 0 amide bonds. The third-order valence-corrected chi connectivity index (χ3v) is 2.11. The van der Waals surface area contributed by atoms with Gasteiger partial charge in [-0.25, -0.2) is 4.68 Å². The molecule has 1 heterocycles. The lowest BCUT2D eigenvalue weighted by Crippen LogP contribution is -2.24. The van der Waals surface area contributed by atoms with E-state index >= 15 is 0 Å². The number of hydrogen-bond donors (Lipinski definition) is 1. The second-order valence-corrected chi connectivity index (χ2v) is 3.42. The number of nitrogens with zero attached hydrogens (tertiary/aromatic N) is 3. The molecule has 0 bridgehead atoms. The molecular formula is C9H16N4O. The molecule has 1 atom stereocenters. The van der Waals surface area contributed by atoms with E-state index < -0.39 is 0 Å². The van der Waals surface area contributed by atoms with Crippen LogP contribution in [0.25, 0.3) is 0 Å². The van der Waals surface area contributed by atoms with Gasteiger partial charge < -0.3 is 5.73 Å². The van der Waals surface area contributed by atoms with Crippen LogP contribution in [-0.4, -0.2) is 26.8 Å². The maximum absolute atomic E-state index is 11.6. The Morgan fingerprint density at radius 2 is 2.43 bits per heavy atom. The molecule has 5 heteroatoms. The summed E-state index contributed by atoms with van der Waals surface area (Å²) in [5, 5.41) is 7.34. The summed E-state index contributed by atoms with van der Waals surface area (Å²) in [6.45, 7) is 2.05. The Bertz CT molecular complexity index is 308. The van der Waals surface area contributed by atoms with Gasteiger partial charge in [0.15, 0.2) is 5.78 Å². The minimum atomic E-state index is -0.0533. The molecule has 0 aliphatic carbocycles. The Hall–Kier alpha value is -1.23. The summed E-state index contributed by atoms with van der Waals surface area (Å²) in [6.07, 6.45) is 3.71. The van der Waals surface area contributed by atoms with Gasteiger partial charge in [0.05, 0.1) is 6.20 Å². The minimum Gasteiger partial charge on any atom is -0.327 e. The molecule has 0 aromatic carbocycles. The van der Waals surface area contributed by atoms with E-state index in [1.54, 1.807) is 7.05 Å². The molecule has 0 spiro atoms. The summed E-state index contributed by atoms with van der Waals surface area (Å²) in [5.41, 5.74) is 6.29. The van der Waals surface area contributed by atoms with Crippen molar-refractivity contribution in [1.82, 2.24) is 15.0 Å². The number of carbonyl (C=O) groups is 1. The summed E-state index contributed by atoms with van der Waals surface area (Å²) >= 11 is 0. The van der Waals surface area contributed by atoms with Crippen molar-refractivity contribution in [3.8, 4) is 0 Å². The molecule has 0 saturated heterocycles. The molecule has 0 fully saturated rings. The van der Waals surface area contributed by atoms with Gasteiger partial charge in [0, 0.05) is 19.5 Å². The van der Waals surface area contributed by atoms with E-state index in [1.165, 1.54) is 10.9 Å². The summed E-state index contributed by atoms with van der Waals surface area (Å²) < 4.78 is 1.47. The third-order valence-electron chi connectivity index (χ3n) is 2.11. The highest BCUT2D eigenvalue weighted by Gasteiger charge is 2.14. The van der Waals surface area contributed by atoms with Crippen LogP contribution < -0.4 is 5.73 Å². The standard InChI is InChI=1S/C9H16N4O/c1-3-4-7(10)5-9(14)8-6-11-12-13(8)2/h6-7H,3-5,10H2,1-2H3. The van der Waals surface area contributed by atoms with Crippen LogP contribution in [0.4, 0.5) is 0 Å². The van der Waals surface area contributed by atoms with Gasteiger partial charge in [-0.05, 0) is 6.42 Å². The summed E-state index contributed by atoms with van der Waals surface area (Å²) in [6, 6.07) is -0.0533. The van der Waals surface area contributed by atoms with Gasteiger partial charge in [0.2, 0.25) is 0 Å². The van der Waals surface area contributed by atoms with E-state index in [-0.39, 0.29) is 11.8 Å². The van der Waals surface area contributed by atoms with Gasteiger partial charge >= 0.3 is 0 Å². The van der Waals surface area contributed by atoms with Crippen LogP contribution in [-0.2, 0) is 7.05 Å². The van der Waals surface area contributed by atoms with Gasteiger partial charge in [-0.1, -0.05) is 18.6 Å². The molecule has 2 N–H and O–H groups in total. The van der Waals surface area contributed by atoms with Crippen LogP contribution in [0.5, 0.6) is 0 Å². The van der Waals surface area contributed by atoms with Gasteiger partial charge in [-0.15, -0.1) is 5.10 Å². The van der Waals surface area contributed by atoms with E-state index in [2.05, 4.69) is 17.2 Å². The highest BCUT2D eigenvalue weighted by Crippen LogP contribution is 2.05. The van der Waals surface area contributed by atoms with Crippen LogP contribution in [0.1, 0.15) is 36.7 Å². The number of Topliss-reactive ketones (excluding diaryl/α,β-unsaturated/α-hetero) is 1. The van der Waals surface area contributed by atoms with Crippen molar-refractivity contribution in [3.05, 3.63) is 11.9 Å². The largest absolute Gasteiger partial charge is 0.327 e. The van der Waals surface area contributed by atoms with Crippen molar-refractivity contribution in [2.45, 2.75) is 32.2 Å². The zero-order chi connectivity index (χ0) is 10.6. The molecule has 1 unspecified atom stereocenters.